The number of nitrogens with one attached hydrogen (secondary N) is 1. The van der Waals surface area contributed by atoms with E-state index in [1.54, 1.807) is 0 Å². The Labute approximate surface area is 84.0 Å². The van der Waals surface area contributed by atoms with Gasteiger partial charge in [0.05, 0.1) is 0 Å². The summed E-state index contributed by atoms with van der Waals surface area (Å²) in [6, 6.07) is 0.571. The molecule has 2 rings (SSSR count). The fourth-order valence-electron chi connectivity index (χ4n) is 2.32. The lowest BCUT2D eigenvalue weighted by Crippen LogP contribution is -2.13. The van der Waals surface area contributed by atoms with Crippen LogP contribution in [-0.4, -0.2) is 9.55 Å². The van der Waals surface area contributed by atoms with Crippen molar-refractivity contribution in [1.29, 1.82) is 0 Å². The Morgan fingerprint density at radius 1 is 1.54 bits per heavy atom. The smallest absolute Gasteiger partial charge is 0.177 e. The van der Waals surface area contributed by atoms with E-state index in [9.17, 15) is 0 Å². The molecule has 0 radical (unpaired) electrons. The molecule has 0 aromatic carbocycles. The molecule has 72 valence electrons. The van der Waals surface area contributed by atoms with E-state index < -0.39 is 0 Å². The minimum absolute atomic E-state index is 0.571. The summed E-state index contributed by atoms with van der Waals surface area (Å²) in [6.07, 6.45) is 9.51. The number of H-pyrrole nitrogens is 1. The van der Waals surface area contributed by atoms with Gasteiger partial charge in [0.25, 0.3) is 0 Å². The predicted octanol–water partition coefficient (Wildman–Crippen LogP) is 3.30. The van der Waals surface area contributed by atoms with Gasteiger partial charge in [-0.2, -0.15) is 0 Å². The summed E-state index contributed by atoms with van der Waals surface area (Å²) in [7, 11) is 0. The van der Waals surface area contributed by atoms with Crippen molar-refractivity contribution in [1.82, 2.24) is 9.55 Å². The Morgan fingerprint density at radius 3 is 2.77 bits per heavy atom. The third-order valence-electron chi connectivity index (χ3n) is 3.20. The van der Waals surface area contributed by atoms with Crippen LogP contribution in [-0.2, 0) is 0 Å². The van der Waals surface area contributed by atoms with Crippen molar-refractivity contribution >= 4 is 12.2 Å². The lowest BCUT2D eigenvalue weighted by atomic mass is 10.00. The average Bonchev–Trinajstić information content (AvgIpc) is 2.72. The molecule has 3 heteroatoms. The van der Waals surface area contributed by atoms with Gasteiger partial charge in [-0.1, -0.05) is 12.8 Å². The van der Waals surface area contributed by atoms with E-state index in [-0.39, 0.29) is 0 Å². The van der Waals surface area contributed by atoms with Crippen molar-refractivity contribution in [3.05, 3.63) is 17.2 Å². The molecule has 1 heterocycles. The first-order chi connectivity index (χ1) is 6.29. The molecule has 1 aromatic heterocycles. The number of nitrogens with zero attached hydrogens (tertiary/aromatic N) is 1. The largest absolute Gasteiger partial charge is 0.337 e. The second-order valence-corrected chi connectivity index (χ2v) is 4.34. The van der Waals surface area contributed by atoms with Gasteiger partial charge in [0.2, 0.25) is 0 Å². The molecule has 1 aromatic rings. The summed E-state index contributed by atoms with van der Waals surface area (Å²) in [4.78, 5) is 3.05. The van der Waals surface area contributed by atoms with Gasteiger partial charge in [-0.15, -0.1) is 0 Å². The van der Waals surface area contributed by atoms with Crippen LogP contribution in [0.25, 0.3) is 0 Å². The fraction of sp³-hybridized carbons (Fsp3) is 0.700. The maximum atomic E-state index is 5.20. The van der Waals surface area contributed by atoms with Crippen LogP contribution in [0.4, 0.5) is 0 Å². The summed E-state index contributed by atoms with van der Waals surface area (Å²) >= 11 is 5.20. The molecule has 0 aliphatic heterocycles. The molecule has 2 nitrogen and oxygen atoms in total. The molecule has 1 fully saturated rings. The summed E-state index contributed by atoms with van der Waals surface area (Å²) in [5.74, 6) is 0.836. The summed E-state index contributed by atoms with van der Waals surface area (Å²) in [5.41, 5.74) is 0. The average molecular weight is 196 g/mol. The molecule has 1 unspecified atom stereocenters. The number of rotatable bonds is 2. The van der Waals surface area contributed by atoms with Crippen LogP contribution in [0.3, 0.4) is 0 Å². The number of hydrogen-bond acceptors (Lipinski definition) is 1. The monoisotopic (exact) mass is 196 g/mol. The van der Waals surface area contributed by atoms with Crippen LogP contribution >= 0.6 is 12.2 Å². The summed E-state index contributed by atoms with van der Waals surface area (Å²) in [6.45, 7) is 2.28. The quantitative estimate of drug-likeness (QED) is 0.720. The minimum atomic E-state index is 0.571. The molecule has 0 amide bonds. The first-order valence-corrected chi connectivity index (χ1v) is 5.45. The maximum Gasteiger partial charge on any atom is 0.177 e. The molecule has 13 heavy (non-hydrogen) atoms. The van der Waals surface area contributed by atoms with Gasteiger partial charge in [0.15, 0.2) is 4.77 Å². The van der Waals surface area contributed by atoms with E-state index in [0.717, 1.165) is 10.7 Å². The Morgan fingerprint density at radius 2 is 2.23 bits per heavy atom. The molecule has 1 saturated carbocycles. The van der Waals surface area contributed by atoms with Gasteiger partial charge >= 0.3 is 0 Å². The highest BCUT2D eigenvalue weighted by Gasteiger charge is 2.22. The van der Waals surface area contributed by atoms with Crippen molar-refractivity contribution in [2.45, 2.75) is 38.6 Å². The topological polar surface area (TPSA) is 20.7 Å². The van der Waals surface area contributed by atoms with Gasteiger partial charge in [0.1, 0.15) is 0 Å². The van der Waals surface area contributed by atoms with E-state index in [2.05, 4.69) is 22.7 Å². The van der Waals surface area contributed by atoms with Crippen molar-refractivity contribution in [2.24, 2.45) is 5.92 Å². The first kappa shape index (κ1) is 9.00. The zero-order valence-corrected chi connectivity index (χ0v) is 8.81. The molecular formula is C10H16N2S. The number of hydrogen-bond donors (Lipinski definition) is 1. The minimum Gasteiger partial charge on any atom is -0.337 e. The Balaban J connectivity index is 2.16. The van der Waals surface area contributed by atoms with Gasteiger partial charge < -0.3 is 9.55 Å². The van der Waals surface area contributed by atoms with E-state index >= 15 is 0 Å². The van der Waals surface area contributed by atoms with Crippen LogP contribution < -0.4 is 0 Å². The van der Waals surface area contributed by atoms with Gasteiger partial charge in [-0.25, -0.2) is 0 Å². The Kier molecular flexibility index (Phi) is 2.54. The van der Waals surface area contributed by atoms with Crippen LogP contribution in [0.1, 0.15) is 38.6 Å². The standard InChI is InChI=1S/C10H16N2S/c1-8(9-4-2-3-5-9)12-7-6-11-10(12)13/h6-9H,2-5H2,1H3,(H,11,13). The normalized spacial score (nSPS) is 20.7. The van der Waals surface area contributed by atoms with Crippen LogP contribution in [0, 0.1) is 10.7 Å². The van der Waals surface area contributed by atoms with E-state index in [4.69, 9.17) is 12.2 Å². The lowest BCUT2D eigenvalue weighted by molar-refractivity contribution is 0.358. The van der Waals surface area contributed by atoms with Crippen LogP contribution in [0.5, 0.6) is 0 Å². The molecule has 0 bridgehead atoms. The SMILES string of the molecule is CC(C1CCCC1)n1cc[nH]c1=S. The third-order valence-corrected chi connectivity index (χ3v) is 3.53. The molecule has 1 aliphatic carbocycles. The van der Waals surface area contributed by atoms with E-state index in [1.807, 2.05) is 6.20 Å². The Hall–Kier alpha value is -0.570. The summed E-state index contributed by atoms with van der Waals surface area (Å²) in [5, 5.41) is 0. The summed E-state index contributed by atoms with van der Waals surface area (Å²) < 4.78 is 3.05. The van der Waals surface area contributed by atoms with Crippen LogP contribution in [0.15, 0.2) is 12.4 Å². The molecule has 1 atom stereocenters. The highest BCUT2D eigenvalue weighted by molar-refractivity contribution is 7.71. The zero-order chi connectivity index (χ0) is 9.26. The van der Waals surface area contributed by atoms with Crippen molar-refractivity contribution < 1.29 is 0 Å². The first-order valence-electron chi connectivity index (χ1n) is 5.04. The van der Waals surface area contributed by atoms with E-state index in [0.29, 0.717) is 6.04 Å². The fourth-order valence-corrected chi connectivity index (χ4v) is 2.61. The highest BCUT2D eigenvalue weighted by atomic mass is 32.1. The van der Waals surface area contributed by atoms with E-state index in [1.165, 1.54) is 25.7 Å². The Bertz CT molecular complexity index is 320. The second-order valence-electron chi connectivity index (χ2n) is 3.96. The second kappa shape index (κ2) is 3.66. The van der Waals surface area contributed by atoms with Crippen molar-refractivity contribution in [3.8, 4) is 0 Å². The molecule has 0 saturated heterocycles. The highest BCUT2D eigenvalue weighted by Crippen LogP contribution is 2.33. The van der Waals surface area contributed by atoms with Crippen molar-refractivity contribution in [3.63, 3.8) is 0 Å². The maximum absolute atomic E-state index is 5.20. The van der Waals surface area contributed by atoms with Crippen LogP contribution in [0.2, 0.25) is 0 Å². The third kappa shape index (κ3) is 1.70. The van der Waals surface area contributed by atoms with Gasteiger partial charge in [-0.3, -0.25) is 0 Å². The van der Waals surface area contributed by atoms with Gasteiger partial charge in [0, 0.05) is 18.4 Å². The van der Waals surface area contributed by atoms with Crippen molar-refractivity contribution in [2.75, 3.05) is 0 Å². The molecule has 1 N–H and O–H groups in total. The molecule has 0 spiro atoms. The molecule has 1 aliphatic rings. The number of aromatic nitrogens is 2. The molecular weight excluding hydrogens is 180 g/mol. The number of imidazole rings is 1. The van der Waals surface area contributed by atoms with Gasteiger partial charge in [-0.05, 0) is 37.9 Å². The zero-order valence-electron chi connectivity index (χ0n) is 7.99. The lowest BCUT2D eigenvalue weighted by Gasteiger charge is -2.19. The predicted molar refractivity (Wildman–Crippen MR) is 56.3 cm³/mol. The number of aromatic amines is 1.